The van der Waals surface area contributed by atoms with E-state index in [1.165, 1.54) is 0 Å². The average Bonchev–Trinajstić information content (AvgIpc) is 2.51. The molecule has 0 aliphatic heterocycles. The van der Waals surface area contributed by atoms with Gasteiger partial charge < -0.3 is 15.7 Å². The molecule has 2 amide bonds. The molecule has 0 aromatic heterocycles. The molecule has 0 unspecified atom stereocenters. The molecule has 3 N–H and O–H groups in total. The van der Waals surface area contributed by atoms with E-state index in [-0.39, 0.29) is 30.2 Å². The quantitative estimate of drug-likeness (QED) is 0.638. The van der Waals surface area contributed by atoms with E-state index in [1.54, 1.807) is 30.3 Å². The third-order valence-corrected chi connectivity index (χ3v) is 4.36. The van der Waals surface area contributed by atoms with Gasteiger partial charge >= 0.3 is 5.97 Å². The van der Waals surface area contributed by atoms with Gasteiger partial charge in [-0.2, -0.15) is 0 Å². The molecular formula is C18H22N2O4. The molecule has 1 fully saturated rings. The van der Waals surface area contributed by atoms with Crippen LogP contribution in [0.15, 0.2) is 36.9 Å². The van der Waals surface area contributed by atoms with Crippen molar-refractivity contribution in [2.75, 3.05) is 11.9 Å². The highest BCUT2D eigenvalue weighted by atomic mass is 16.4. The lowest BCUT2D eigenvalue weighted by Crippen LogP contribution is -2.41. The van der Waals surface area contributed by atoms with Gasteiger partial charge in [-0.15, -0.1) is 6.58 Å². The molecule has 0 bridgehead atoms. The highest BCUT2D eigenvalue weighted by Crippen LogP contribution is 2.45. The van der Waals surface area contributed by atoms with Gasteiger partial charge in [0, 0.05) is 17.8 Å². The predicted octanol–water partition coefficient (Wildman–Crippen LogP) is 2.58. The molecule has 1 saturated carbocycles. The maximum Gasteiger partial charge on any atom is 0.305 e. The van der Waals surface area contributed by atoms with Gasteiger partial charge in [-0.25, -0.2) is 0 Å². The van der Waals surface area contributed by atoms with Crippen LogP contribution in [0, 0.1) is 5.41 Å². The molecule has 0 heterocycles. The number of rotatable bonds is 8. The lowest BCUT2D eigenvalue weighted by atomic mass is 9.66. The van der Waals surface area contributed by atoms with Crippen LogP contribution in [-0.4, -0.2) is 29.4 Å². The molecule has 0 spiro atoms. The predicted molar refractivity (Wildman–Crippen MR) is 90.8 cm³/mol. The first-order valence-electron chi connectivity index (χ1n) is 7.99. The van der Waals surface area contributed by atoms with E-state index in [9.17, 15) is 14.4 Å². The third kappa shape index (κ3) is 4.22. The summed E-state index contributed by atoms with van der Waals surface area (Å²) in [4.78, 5) is 34.7. The Balaban J connectivity index is 1.92. The molecule has 0 radical (unpaired) electrons. The number of amides is 2. The summed E-state index contributed by atoms with van der Waals surface area (Å²) >= 11 is 0. The summed E-state index contributed by atoms with van der Waals surface area (Å²) in [5.41, 5.74) is 0.717. The van der Waals surface area contributed by atoms with E-state index in [0.717, 1.165) is 19.3 Å². The number of carbonyl (C=O) groups excluding carboxylic acids is 2. The Hall–Kier alpha value is -2.63. The number of hydrogen-bond donors (Lipinski definition) is 3. The number of benzene rings is 1. The largest absolute Gasteiger partial charge is 0.481 e. The summed E-state index contributed by atoms with van der Waals surface area (Å²) in [6, 6.07) is 6.55. The Labute approximate surface area is 140 Å². The van der Waals surface area contributed by atoms with E-state index in [4.69, 9.17) is 5.11 Å². The van der Waals surface area contributed by atoms with Crippen molar-refractivity contribution in [3.63, 3.8) is 0 Å². The molecule has 0 atom stereocenters. The van der Waals surface area contributed by atoms with Crippen molar-refractivity contribution >= 4 is 23.5 Å². The van der Waals surface area contributed by atoms with Crippen molar-refractivity contribution in [2.45, 2.75) is 32.1 Å². The van der Waals surface area contributed by atoms with Crippen LogP contribution >= 0.6 is 0 Å². The van der Waals surface area contributed by atoms with E-state index >= 15 is 0 Å². The Morgan fingerprint density at radius 3 is 2.38 bits per heavy atom. The van der Waals surface area contributed by atoms with Crippen LogP contribution < -0.4 is 10.6 Å². The summed E-state index contributed by atoms with van der Waals surface area (Å²) in [5.74, 6) is -1.30. The van der Waals surface area contributed by atoms with Crippen LogP contribution in [-0.2, 0) is 9.59 Å². The fourth-order valence-electron chi connectivity index (χ4n) is 2.76. The molecule has 1 aliphatic carbocycles. The van der Waals surface area contributed by atoms with Gasteiger partial charge in [0.15, 0.2) is 0 Å². The Bertz CT molecular complexity index is 633. The summed E-state index contributed by atoms with van der Waals surface area (Å²) in [6.45, 7) is 3.80. The van der Waals surface area contributed by atoms with Crippen molar-refractivity contribution in [3.8, 4) is 0 Å². The summed E-state index contributed by atoms with van der Waals surface area (Å²) in [7, 11) is 0. The second-order valence-corrected chi connectivity index (χ2v) is 6.06. The Morgan fingerprint density at radius 1 is 1.21 bits per heavy atom. The van der Waals surface area contributed by atoms with Crippen LogP contribution in [0.3, 0.4) is 0 Å². The topological polar surface area (TPSA) is 95.5 Å². The first kappa shape index (κ1) is 17.7. The van der Waals surface area contributed by atoms with Gasteiger partial charge in [0.2, 0.25) is 5.91 Å². The first-order valence-corrected chi connectivity index (χ1v) is 7.99. The van der Waals surface area contributed by atoms with Crippen molar-refractivity contribution in [3.05, 3.63) is 42.5 Å². The fraction of sp³-hybridized carbons (Fsp3) is 0.389. The number of nitrogens with one attached hydrogen (secondary N) is 2. The van der Waals surface area contributed by atoms with Crippen LogP contribution in [0.5, 0.6) is 0 Å². The maximum absolute atomic E-state index is 12.4. The second kappa shape index (κ2) is 7.77. The van der Waals surface area contributed by atoms with Crippen molar-refractivity contribution < 1.29 is 19.5 Å². The van der Waals surface area contributed by atoms with Gasteiger partial charge in [-0.3, -0.25) is 14.4 Å². The fourth-order valence-corrected chi connectivity index (χ4v) is 2.76. The van der Waals surface area contributed by atoms with Gasteiger partial charge in [0.1, 0.15) is 0 Å². The van der Waals surface area contributed by atoms with E-state index in [2.05, 4.69) is 17.2 Å². The van der Waals surface area contributed by atoms with Crippen molar-refractivity contribution in [1.82, 2.24) is 5.32 Å². The number of aliphatic carboxylic acids is 1. The number of allylic oxidation sites excluding steroid dienone is 1. The number of anilines is 1. The molecule has 6 heteroatoms. The number of carboxylic acid groups (broad SMARTS) is 1. The Morgan fingerprint density at radius 2 is 1.88 bits per heavy atom. The first-order chi connectivity index (χ1) is 11.5. The van der Waals surface area contributed by atoms with E-state index in [0.29, 0.717) is 17.7 Å². The van der Waals surface area contributed by atoms with Crippen molar-refractivity contribution in [2.24, 2.45) is 5.41 Å². The monoisotopic (exact) mass is 330 g/mol. The van der Waals surface area contributed by atoms with Crippen molar-refractivity contribution in [1.29, 1.82) is 0 Å². The second-order valence-electron chi connectivity index (χ2n) is 6.06. The van der Waals surface area contributed by atoms with Crippen LogP contribution in [0.4, 0.5) is 5.69 Å². The van der Waals surface area contributed by atoms with Gasteiger partial charge in [0.25, 0.3) is 5.91 Å². The smallest absolute Gasteiger partial charge is 0.305 e. The average molecular weight is 330 g/mol. The molecule has 1 aromatic rings. The summed E-state index contributed by atoms with van der Waals surface area (Å²) < 4.78 is 0. The summed E-state index contributed by atoms with van der Waals surface area (Å²) in [5, 5.41) is 14.0. The molecule has 1 aliphatic rings. The standard InChI is InChI=1S/C18H22N2O4/c1-2-9-18(10-3-11-18)17(24)20-14-6-4-13(5-7-14)16(23)19-12-8-15(21)22/h2,4-7H,1,3,8-12H2,(H,19,23)(H,20,24)(H,21,22). The van der Waals surface area contributed by atoms with Crippen LogP contribution in [0.2, 0.25) is 0 Å². The highest BCUT2D eigenvalue weighted by Gasteiger charge is 2.42. The minimum absolute atomic E-state index is 0.00712. The van der Waals surface area contributed by atoms with E-state index < -0.39 is 5.97 Å². The molecule has 1 aromatic carbocycles. The minimum atomic E-state index is -0.960. The third-order valence-electron chi connectivity index (χ3n) is 4.36. The molecule has 2 rings (SSSR count). The number of carbonyl (C=O) groups is 3. The summed E-state index contributed by atoms with van der Waals surface area (Å²) in [6.07, 6.45) is 5.12. The highest BCUT2D eigenvalue weighted by molar-refractivity contribution is 5.97. The van der Waals surface area contributed by atoms with Gasteiger partial charge in [-0.1, -0.05) is 12.5 Å². The molecule has 128 valence electrons. The SMILES string of the molecule is C=CCC1(C(=O)Nc2ccc(C(=O)NCCC(=O)O)cc2)CCC1. The number of hydrogen-bond acceptors (Lipinski definition) is 3. The molecule has 24 heavy (non-hydrogen) atoms. The molecule has 6 nitrogen and oxygen atoms in total. The van der Waals surface area contributed by atoms with E-state index in [1.807, 2.05) is 0 Å². The van der Waals surface area contributed by atoms with Gasteiger partial charge in [-0.05, 0) is 43.5 Å². The zero-order chi connectivity index (χ0) is 17.6. The van der Waals surface area contributed by atoms with Crippen LogP contribution in [0.1, 0.15) is 42.5 Å². The lowest BCUT2D eigenvalue weighted by molar-refractivity contribution is -0.136. The normalized spacial score (nSPS) is 15.0. The maximum atomic E-state index is 12.4. The molecular weight excluding hydrogens is 308 g/mol. The van der Waals surface area contributed by atoms with Gasteiger partial charge in [0.05, 0.1) is 11.8 Å². The zero-order valence-corrected chi connectivity index (χ0v) is 13.5. The van der Waals surface area contributed by atoms with Crippen LogP contribution in [0.25, 0.3) is 0 Å². The Kier molecular flexibility index (Phi) is 5.73. The molecule has 0 saturated heterocycles. The minimum Gasteiger partial charge on any atom is -0.481 e. The number of carboxylic acids is 1. The lowest BCUT2D eigenvalue weighted by Gasteiger charge is -2.39. The zero-order valence-electron chi connectivity index (χ0n) is 13.5.